The molecule has 2 aliphatic rings. The molecule has 2 rings (SSSR count). The first-order valence-corrected chi connectivity index (χ1v) is 9.91. The standard InChI is InChI=1S/C18H32BBrO/c1-18(2,3)17(14-20)21-19(15-10-6-4-7-11-15)16-12-8-5-9-13-16/h14-16H,4-13H2,1-3H3/b17-14+. The van der Waals surface area contributed by atoms with Crippen molar-refractivity contribution < 1.29 is 4.65 Å². The third-order valence-corrected chi connectivity index (χ3v) is 5.75. The molecule has 0 N–H and O–H groups in total. The van der Waals surface area contributed by atoms with Crippen molar-refractivity contribution in [2.45, 2.75) is 96.6 Å². The van der Waals surface area contributed by atoms with Gasteiger partial charge < -0.3 is 4.65 Å². The van der Waals surface area contributed by atoms with Gasteiger partial charge in [0.1, 0.15) is 0 Å². The first-order valence-electron chi connectivity index (χ1n) is 9.00. The fraction of sp³-hybridized carbons (Fsp3) is 0.889. The molecule has 0 aliphatic heterocycles. The highest BCUT2D eigenvalue weighted by Gasteiger charge is 2.39. The number of halogens is 1. The quantitative estimate of drug-likeness (QED) is 0.392. The lowest BCUT2D eigenvalue weighted by molar-refractivity contribution is 0.272. The van der Waals surface area contributed by atoms with Crippen molar-refractivity contribution >= 4 is 22.8 Å². The number of rotatable bonds is 4. The summed E-state index contributed by atoms with van der Waals surface area (Å²) in [4.78, 5) is 2.02. The summed E-state index contributed by atoms with van der Waals surface area (Å²) in [5.41, 5.74) is 0.0884. The van der Waals surface area contributed by atoms with Crippen molar-refractivity contribution in [3.63, 3.8) is 0 Å². The smallest absolute Gasteiger partial charge is 0.363 e. The molecule has 0 bridgehead atoms. The van der Waals surface area contributed by atoms with Gasteiger partial charge in [-0.05, 0) is 11.6 Å². The molecule has 120 valence electrons. The van der Waals surface area contributed by atoms with Crippen molar-refractivity contribution in [1.29, 1.82) is 0 Å². The van der Waals surface area contributed by atoms with E-state index in [9.17, 15) is 0 Å². The molecule has 0 spiro atoms. The Morgan fingerprint density at radius 3 is 1.67 bits per heavy atom. The van der Waals surface area contributed by atoms with E-state index in [4.69, 9.17) is 4.65 Å². The normalized spacial score (nSPS) is 23.1. The van der Waals surface area contributed by atoms with Crippen molar-refractivity contribution in [1.82, 2.24) is 0 Å². The number of allylic oxidation sites excluding steroid dienone is 1. The van der Waals surface area contributed by atoms with Gasteiger partial charge in [0.25, 0.3) is 0 Å². The third kappa shape index (κ3) is 5.04. The fourth-order valence-electron chi connectivity index (χ4n) is 4.02. The maximum absolute atomic E-state index is 6.66. The van der Waals surface area contributed by atoms with E-state index in [1.54, 1.807) is 0 Å². The van der Waals surface area contributed by atoms with Gasteiger partial charge in [0, 0.05) is 10.4 Å². The summed E-state index contributed by atoms with van der Waals surface area (Å²) in [7, 11) is 0. The van der Waals surface area contributed by atoms with Crippen LogP contribution < -0.4 is 0 Å². The van der Waals surface area contributed by atoms with Crippen molar-refractivity contribution in [3.8, 4) is 0 Å². The van der Waals surface area contributed by atoms with E-state index >= 15 is 0 Å². The van der Waals surface area contributed by atoms with Gasteiger partial charge in [-0.25, -0.2) is 0 Å². The number of hydrogen-bond acceptors (Lipinski definition) is 1. The van der Waals surface area contributed by atoms with E-state index in [0.29, 0.717) is 6.92 Å². The van der Waals surface area contributed by atoms with Crippen molar-refractivity contribution in [3.05, 3.63) is 10.7 Å². The second-order valence-corrected chi connectivity index (χ2v) is 8.56. The molecule has 0 aromatic carbocycles. The molecule has 0 unspecified atom stereocenters. The van der Waals surface area contributed by atoms with Gasteiger partial charge in [0.05, 0.1) is 5.76 Å². The van der Waals surface area contributed by atoms with Gasteiger partial charge in [0.2, 0.25) is 0 Å². The van der Waals surface area contributed by atoms with Crippen molar-refractivity contribution in [2.75, 3.05) is 0 Å². The average molecular weight is 355 g/mol. The Bertz CT molecular complexity index is 318. The molecule has 21 heavy (non-hydrogen) atoms. The van der Waals surface area contributed by atoms with Crippen LogP contribution in [0.5, 0.6) is 0 Å². The van der Waals surface area contributed by atoms with Crippen LogP contribution in [-0.2, 0) is 4.65 Å². The molecule has 0 radical (unpaired) electrons. The molecule has 0 heterocycles. The molecule has 0 atom stereocenters. The molecule has 0 amide bonds. The van der Waals surface area contributed by atoms with E-state index in [-0.39, 0.29) is 5.41 Å². The Hall–Kier alpha value is 0.0849. The van der Waals surface area contributed by atoms with Crippen LogP contribution in [-0.4, -0.2) is 6.92 Å². The molecule has 2 saturated carbocycles. The third-order valence-electron chi connectivity index (χ3n) is 5.33. The summed E-state index contributed by atoms with van der Waals surface area (Å²) in [5.74, 6) is 2.70. The minimum absolute atomic E-state index is 0.0884. The van der Waals surface area contributed by atoms with Crippen LogP contribution in [0.15, 0.2) is 10.7 Å². The molecule has 0 aromatic heterocycles. The van der Waals surface area contributed by atoms with Crippen LogP contribution in [0.3, 0.4) is 0 Å². The average Bonchev–Trinajstić information content (AvgIpc) is 2.49. The van der Waals surface area contributed by atoms with Gasteiger partial charge in [0.15, 0.2) is 0 Å². The van der Waals surface area contributed by atoms with Gasteiger partial charge in [-0.3, -0.25) is 0 Å². The van der Waals surface area contributed by atoms with E-state index in [1.807, 2.05) is 4.99 Å². The molecule has 1 nitrogen and oxygen atoms in total. The Balaban J connectivity index is 2.10. The lowest BCUT2D eigenvalue weighted by atomic mass is 9.41. The summed E-state index contributed by atoms with van der Waals surface area (Å²) in [6, 6.07) is 0. The second-order valence-electron chi connectivity index (χ2n) is 8.10. The summed E-state index contributed by atoms with van der Waals surface area (Å²) in [6.45, 7) is 7.20. The summed E-state index contributed by atoms with van der Waals surface area (Å²) in [5, 5.41) is 0. The highest BCUT2D eigenvalue weighted by molar-refractivity contribution is 9.11. The minimum atomic E-state index is 0.0884. The minimum Gasteiger partial charge on any atom is -0.562 e. The molecule has 0 saturated heterocycles. The predicted molar refractivity (Wildman–Crippen MR) is 97.0 cm³/mol. The lowest BCUT2D eigenvalue weighted by Gasteiger charge is -2.37. The molecule has 0 aromatic rings. The zero-order chi connectivity index (χ0) is 15.3. The van der Waals surface area contributed by atoms with Crippen LogP contribution >= 0.6 is 15.9 Å². The monoisotopic (exact) mass is 354 g/mol. The summed E-state index contributed by atoms with van der Waals surface area (Å²) >= 11 is 3.54. The van der Waals surface area contributed by atoms with Crippen LogP contribution in [0.2, 0.25) is 11.6 Å². The van der Waals surface area contributed by atoms with E-state index in [2.05, 4.69) is 36.7 Å². The largest absolute Gasteiger partial charge is 0.562 e. The van der Waals surface area contributed by atoms with Crippen LogP contribution in [0.1, 0.15) is 85.0 Å². The molecule has 3 heteroatoms. The Labute approximate surface area is 140 Å². The Kier molecular flexibility index (Phi) is 6.71. The zero-order valence-corrected chi connectivity index (χ0v) is 15.8. The maximum atomic E-state index is 6.66. The second kappa shape index (κ2) is 8.08. The van der Waals surface area contributed by atoms with Gasteiger partial charge in [-0.2, -0.15) is 0 Å². The molecular formula is C18H32BBrO. The van der Waals surface area contributed by atoms with Crippen molar-refractivity contribution in [2.24, 2.45) is 5.41 Å². The first-order chi connectivity index (χ1) is 10.0. The van der Waals surface area contributed by atoms with E-state index in [1.165, 1.54) is 64.2 Å². The molecule has 2 aliphatic carbocycles. The lowest BCUT2D eigenvalue weighted by Crippen LogP contribution is -2.35. The first kappa shape index (κ1) is 17.4. The summed E-state index contributed by atoms with van der Waals surface area (Å²) < 4.78 is 6.66. The van der Waals surface area contributed by atoms with Crippen LogP contribution in [0.25, 0.3) is 0 Å². The Morgan fingerprint density at radius 1 is 0.905 bits per heavy atom. The highest BCUT2D eigenvalue weighted by Crippen LogP contribution is 2.44. The Morgan fingerprint density at radius 2 is 1.33 bits per heavy atom. The number of hydrogen-bond donors (Lipinski definition) is 0. The molecular weight excluding hydrogens is 323 g/mol. The van der Waals surface area contributed by atoms with Gasteiger partial charge in [-0.15, -0.1) is 0 Å². The van der Waals surface area contributed by atoms with Gasteiger partial charge >= 0.3 is 6.92 Å². The predicted octanol–water partition coefficient (Wildman–Crippen LogP) is 6.95. The topological polar surface area (TPSA) is 9.23 Å². The summed E-state index contributed by atoms with van der Waals surface area (Å²) in [6.07, 6.45) is 14.0. The van der Waals surface area contributed by atoms with E-state index < -0.39 is 0 Å². The fourth-order valence-corrected chi connectivity index (χ4v) is 4.81. The zero-order valence-electron chi connectivity index (χ0n) is 14.2. The van der Waals surface area contributed by atoms with Crippen LogP contribution in [0, 0.1) is 5.41 Å². The highest BCUT2D eigenvalue weighted by atomic mass is 79.9. The molecule has 2 fully saturated rings. The SMILES string of the molecule is CC(C)(C)/C(=C\Br)OB(C1CCCCC1)C1CCCCC1. The van der Waals surface area contributed by atoms with E-state index in [0.717, 1.165) is 17.4 Å². The van der Waals surface area contributed by atoms with Gasteiger partial charge in [-0.1, -0.05) is 101 Å². The maximum Gasteiger partial charge on any atom is 0.363 e. The van der Waals surface area contributed by atoms with Crippen LogP contribution in [0.4, 0.5) is 0 Å².